The van der Waals surface area contributed by atoms with Gasteiger partial charge >= 0.3 is 0 Å². The minimum Gasteiger partial charge on any atom is -0.366 e. The second-order valence-corrected chi connectivity index (χ2v) is 4.40. The summed E-state index contributed by atoms with van der Waals surface area (Å²) in [6.45, 7) is 0.328. The van der Waals surface area contributed by atoms with Gasteiger partial charge in [0.1, 0.15) is 0 Å². The Kier molecular flexibility index (Phi) is 4.75. The van der Waals surface area contributed by atoms with Crippen molar-refractivity contribution in [2.75, 3.05) is 6.67 Å². The van der Waals surface area contributed by atoms with Gasteiger partial charge in [-0.1, -0.05) is 12.1 Å². The molecule has 0 fully saturated rings. The SMILES string of the molecule is NC(=O)c1ccc(-c2nnn(CCCCCF)n2)cc1. The number of primary amides is 1. The maximum atomic E-state index is 12.0. The molecule has 1 heterocycles. The Balaban J connectivity index is 1.99. The van der Waals surface area contributed by atoms with E-state index >= 15 is 0 Å². The van der Waals surface area contributed by atoms with Crippen molar-refractivity contribution in [3.8, 4) is 11.4 Å². The molecule has 2 aromatic rings. The molecule has 0 atom stereocenters. The molecule has 2 rings (SSSR count). The summed E-state index contributed by atoms with van der Waals surface area (Å²) in [4.78, 5) is 12.5. The number of benzene rings is 1. The van der Waals surface area contributed by atoms with Gasteiger partial charge in [-0.2, -0.15) is 4.80 Å². The van der Waals surface area contributed by atoms with Crippen molar-refractivity contribution in [1.29, 1.82) is 0 Å². The van der Waals surface area contributed by atoms with Crippen molar-refractivity contribution in [3.63, 3.8) is 0 Å². The van der Waals surface area contributed by atoms with Crippen LogP contribution in [0, 0.1) is 0 Å². The van der Waals surface area contributed by atoms with Gasteiger partial charge in [0.25, 0.3) is 0 Å². The first-order valence-electron chi connectivity index (χ1n) is 6.44. The average Bonchev–Trinajstić information content (AvgIpc) is 2.92. The lowest BCUT2D eigenvalue weighted by Gasteiger charge is -1.98. The van der Waals surface area contributed by atoms with Crippen LogP contribution in [0.1, 0.15) is 29.6 Å². The van der Waals surface area contributed by atoms with E-state index in [-0.39, 0.29) is 6.67 Å². The number of nitrogens with zero attached hydrogens (tertiary/aromatic N) is 4. The zero-order valence-corrected chi connectivity index (χ0v) is 11.0. The van der Waals surface area contributed by atoms with Gasteiger partial charge in [-0.15, -0.1) is 10.2 Å². The topological polar surface area (TPSA) is 86.7 Å². The Morgan fingerprint density at radius 1 is 1.20 bits per heavy atom. The van der Waals surface area contributed by atoms with Gasteiger partial charge in [0.15, 0.2) is 0 Å². The van der Waals surface area contributed by atoms with E-state index in [0.29, 0.717) is 24.4 Å². The first kappa shape index (κ1) is 14.1. The molecule has 0 aliphatic rings. The summed E-state index contributed by atoms with van der Waals surface area (Å²) in [5, 5.41) is 12.1. The fourth-order valence-corrected chi connectivity index (χ4v) is 1.76. The number of carbonyl (C=O) groups excluding carboxylic acids is 1. The number of aromatic nitrogens is 4. The summed E-state index contributed by atoms with van der Waals surface area (Å²) in [5.41, 5.74) is 6.38. The fraction of sp³-hybridized carbons (Fsp3) is 0.385. The van der Waals surface area contributed by atoms with E-state index in [9.17, 15) is 9.18 Å². The second-order valence-electron chi connectivity index (χ2n) is 4.40. The van der Waals surface area contributed by atoms with Gasteiger partial charge in [-0.05, 0) is 36.6 Å². The molecule has 0 radical (unpaired) electrons. The van der Waals surface area contributed by atoms with Crippen LogP contribution in [0.3, 0.4) is 0 Å². The molecule has 0 aliphatic heterocycles. The predicted octanol–water partition coefficient (Wildman–Crippen LogP) is 1.58. The smallest absolute Gasteiger partial charge is 0.248 e. The highest BCUT2D eigenvalue weighted by Gasteiger charge is 2.07. The molecule has 0 saturated carbocycles. The number of tetrazole rings is 1. The van der Waals surface area contributed by atoms with Gasteiger partial charge < -0.3 is 5.73 Å². The Hall–Kier alpha value is -2.31. The van der Waals surface area contributed by atoms with Crippen molar-refractivity contribution >= 4 is 5.91 Å². The lowest BCUT2D eigenvalue weighted by Crippen LogP contribution is -2.10. The third kappa shape index (κ3) is 3.59. The van der Waals surface area contributed by atoms with Crippen LogP contribution in [0.5, 0.6) is 0 Å². The summed E-state index contributed by atoms with van der Waals surface area (Å²) < 4.78 is 12.0. The van der Waals surface area contributed by atoms with Crippen LogP contribution in [0.2, 0.25) is 0 Å². The quantitative estimate of drug-likeness (QED) is 0.778. The molecule has 0 saturated heterocycles. The van der Waals surface area contributed by atoms with E-state index in [1.54, 1.807) is 24.3 Å². The summed E-state index contributed by atoms with van der Waals surface area (Å²) in [6, 6.07) is 6.70. The van der Waals surface area contributed by atoms with Crippen molar-refractivity contribution in [2.45, 2.75) is 25.8 Å². The number of hydrogen-bond donors (Lipinski definition) is 1. The number of nitrogens with two attached hydrogens (primary N) is 1. The second kappa shape index (κ2) is 6.74. The number of rotatable bonds is 7. The molecule has 0 bridgehead atoms. The van der Waals surface area contributed by atoms with Crippen LogP contribution in [0.15, 0.2) is 24.3 Å². The Bertz CT molecular complexity index is 566. The molecule has 1 amide bonds. The molecule has 0 unspecified atom stereocenters. The normalized spacial score (nSPS) is 10.7. The molecule has 106 valence electrons. The first-order chi connectivity index (χ1) is 9.70. The molecule has 0 spiro atoms. The van der Waals surface area contributed by atoms with Gasteiger partial charge in [0.2, 0.25) is 11.7 Å². The number of aryl methyl sites for hydroxylation is 1. The summed E-state index contributed by atoms with van der Waals surface area (Å²) >= 11 is 0. The fourth-order valence-electron chi connectivity index (χ4n) is 1.76. The molecule has 0 aliphatic carbocycles. The number of alkyl halides is 1. The highest BCUT2D eigenvalue weighted by molar-refractivity contribution is 5.93. The first-order valence-corrected chi connectivity index (χ1v) is 6.44. The molecule has 2 N–H and O–H groups in total. The van der Waals surface area contributed by atoms with Crippen LogP contribution < -0.4 is 5.73 Å². The number of amides is 1. The number of unbranched alkanes of at least 4 members (excludes halogenated alkanes) is 2. The Morgan fingerprint density at radius 2 is 1.95 bits per heavy atom. The van der Waals surface area contributed by atoms with Crippen LogP contribution in [0.4, 0.5) is 4.39 Å². The van der Waals surface area contributed by atoms with E-state index in [1.165, 1.54) is 4.80 Å². The third-order valence-electron chi connectivity index (χ3n) is 2.87. The molecule has 1 aromatic carbocycles. The van der Waals surface area contributed by atoms with E-state index in [1.807, 2.05) is 0 Å². The zero-order chi connectivity index (χ0) is 14.4. The molecular formula is C13H16FN5O. The lowest BCUT2D eigenvalue weighted by atomic mass is 10.1. The van der Waals surface area contributed by atoms with E-state index in [0.717, 1.165) is 18.4 Å². The van der Waals surface area contributed by atoms with Gasteiger partial charge in [0, 0.05) is 11.1 Å². The van der Waals surface area contributed by atoms with Gasteiger partial charge in [-0.3, -0.25) is 9.18 Å². The summed E-state index contributed by atoms with van der Waals surface area (Å²) in [5.74, 6) is 0.0209. The molecular weight excluding hydrogens is 261 g/mol. The zero-order valence-electron chi connectivity index (χ0n) is 11.0. The maximum absolute atomic E-state index is 12.0. The average molecular weight is 277 g/mol. The largest absolute Gasteiger partial charge is 0.366 e. The molecule has 1 aromatic heterocycles. The monoisotopic (exact) mass is 277 g/mol. The molecule has 20 heavy (non-hydrogen) atoms. The van der Waals surface area contributed by atoms with Crippen molar-refractivity contribution < 1.29 is 9.18 Å². The molecule has 7 heteroatoms. The maximum Gasteiger partial charge on any atom is 0.248 e. The lowest BCUT2D eigenvalue weighted by molar-refractivity contribution is 0.100. The Labute approximate surface area is 115 Å². The van der Waals surface area contributed by atoms with Crippen LogP contribution in [0.25, 0.3) is 11.4 Å². The van der Waals surface area contributed by atoms with Gasteiger partial charge in [-0.25, -0.2) is 0 Å². The number of hydrogen-bond acceptors (Lipinski definition) is 4. The summed E-state index contributed by atoms with van der Waals surface area (Å²) in [6.07, 6.45) is 2.19. The Morgan fingerprint density at radius 3 is 2.60 bits per heavy atom. The van der Waals surface area contributed by atoms with Crippen molar-refractivity contribution in [2.24, 2.45) is 5.73 Å². The van der Waals surface area contributed by atoms with Crippen LogP contribution >= 0.6 is 0 Å². The van der Waals surface area contributed by atoms with E-state index < -0.39 is 5.91 Å². The third-order valence-corrected chi connectivity index (χ3v) is 2.87. The van der Waals surface area contributed by atoms with E-state index in [4.69, 9.17) is 5.73 Å². The number of halogens is 1. The van der Waals surface area contributed by atoms with Crippen LogP contribution in [-0.2, 0) is 6.54 Å². The van der Waals surface area contributed by atoms with Crippen molar-refractivity contribution in [3.05, 3.63) is 29.8 Å². The van der Waals surface area contributed by atoms with Crippen LogP contribution in [-0.4, -0.2) is 32.8 Å². The highest BCUT2D eigenvalue weighted by atomic mass is 19.1. The van der Waals surface area contributed by atoms with Gasteiger partial charge in [0.05, 0.1) is 13.2 Å². The van der Waals surface area contributed by atoms with Crippen molar-refractivity contribution in [1.82, 2.24) is 20.2 Å². The molecule has 6 nitrogen and oxygen atoms in total. The minimum atomic E-state index is -0.471. The summed E-state index contributed by atoms with van der Waals surface area (Å²) in [7, 11) is 0. The highest BCUT2D eigenvalue weighted by Crippen LogP contribution is 2.14. The minimum absolute atomic E-state index is 0.289. The van der Waals surface area contributed by atoms with E-state index in [2.05, 4.69) is 15.4 Å². The number of carbonyl (C=O) groups is 1. The standard InChI is InChI=1S/C13H16FN5O/c14-8-2-1-3-9-19-17-13(16-18-19)11-6-4-10(5-7-11)12(15)20/h4-7H,1-3,8-9H2,(H2,15,20). The predicted molar refractivity (Wildman–Crippen MR) is 71.6 cm³/mol.